The summed E-state index contributed by atoms with van der Waals surface area (Å²) in [6.07, 6.45) is -1.02. The van der Waals surface area contributed by atoms with E-state index in [-0.39, 0.29) is 55.8 Å². The molecule has 0 aromatic carbocycles. The van der Waals surface area contributed by atoms with Crippen LogP contribution in [-0.2, 0) is 10.1 Å². The van der Waals surface area contributed by atoms with Gasteiger partial charge in [0.2, 0.25) is 0 Å². The van der Waals surface area contributed by atoms with Gasteiger partial charge in [0.25, 0.3) is 0 Å². The molecule has 1 N–H and O–H groups in total. The minimum Gasteiger partial charge on any atom is -0.748 e. The molecular formula is C3H6IKO4S. The summed E-state index contributed by atoms with van der Waals surface area (Å²) in [5, 5.41) is 8.61. The van der Waals surface area contributed by atoms with Crippen molar-refractivity contribution in [2.24, 2.45) is 0 Å². The molecule has 0 saturated carbocycles. The Morgan fingerprint density at radius 1 is 1.60 bits per heavy atom. The quantitative estimate of drug-likeness (QED) is 0.252. The van der Waals surface area contributed by atoms with Crippen LogP contribution in [0.25, 0.3) is 0 Å². The molecule has 0 aromatic heterocycles. The maximum absolute atomic E-state index is 9.88. The molecule has 0 amide bonds. The van der Waals surface area contributed by atoms with Crippen molar-refractivity contribution in [1.82, 2.24) is 0 Å². The summed E-state index contributed by atoms with van der Waals surface area (Å²) >= 11 is 1.80. The van der Waals surface area contributed by atoms with Gasteiger partial charge in [-0.15, -0.1) is 0 Å². The van der Waals surface area contributed by atoms with Crippen LogP contribution < -0.4 is 51.4 Å². The van der Waals surface area contributed by atoms with Crippen LogP contribution in [0.2, 0.25) is 0 Å². The first-order chi connectivity index (χ1) is 3.95. The molecule has 0 aliphatic rings. The van der Waals surface area contributed by atoms with Crippen molar-refractivity contribution in [2.75, 3.05) is 10.2 Å². The Hall–Kier alpha value is 2.24. The molecule has 0 aliphatic carbocycles. The van der Waals surface area contributed by atoms with Gasteiger partial charge in [0.05, 0.1) is 22.0 Å². The molecule has 0 heterocycles. The van der Waals surface area contributed by atoms with Crippen molar-refractivity contribution in [3.63, 3.8) is 0 Å². The van der Waals surface area contributed by atoms with E-state index in [2.05, 4.69) is 0 Å². The van der Waals surface area contributed by atoms with Crippen LogP contribution >= 0.6 is 22.6 Å². The Morgan fingerprint density at radius 2 is 2.00 bits per heavy atom. The molecule has 0 aromatic rings. The van der Waals surface area contributed by atoms with Gasteiger partial charge in [0.1, 0.15) is 0 Å². The van der Waals surface area contributed by atoms with Crippen LogP contribution in [0.4, 0.5) is 0 Å². The van der Waals surface area contributed by atoms with Gasteiger partial charge in [-0.2, -0.15) is 0 Å². The second kappa shape index (κ2) is 6.72. The van der Waals surface area contributed by atoms with Crippen LogP contribution in [0, 0.1) is 0 Å². The second-order valence-corrected chi connectivity index (χ2v) is 3.86. The Morgan fingerprint density at radius 3 is 2.10 bits per heavy atom. The van der Waals surface area contributed by atoms with Crippen LogP contribution in [0.3, 0.4) is 0 Å². The average molecular weight is 304 g/mol. The molecule has 56 valence electrons. The zero-order chi connectivity index (χ0) is 7.49. The van der Waals surface area contributed by atoms with E-state index in [0.29, 0.717) is 0 Å². The molecule has 1 unspecified atom stereocenters. The van der Waals surface area contributed by atoms with Gasteiger partial charge in [-0.1, -0.05) is 22.6 Å². The number of hydrogen-bond donors (Lipinski definition) is 1. The first-order valence-electron chi connectivity index (χ1n) is 2.13. The standard InChI is InChI=1S/C3H7IO4S.K/c4-1-3(5)2-9(6,7)8;/h3,5H,1-2H2,(H,6,7,8);/q;+1/p-1. The molecule has 0 rings (SSSR count). The van der Waals surface area contributed by atoms with Crippen molar-refractivity contribution >= 4 is 32.7 Å². The summed E-state index contributed by atoms with van der Waals surface area (Å²) in [7, 11) is -4.24. The number of alkyl halides is 1. The topological polar surface area (TPSA) is 77.4 Å². The molecular weight excluding hydrogens is 298 g/mol. The summed E-state index contributed by atoms with van der Waals surface area (Å²) in [5.74, 6) is -0.685. The first kappa shape index (κ1) is 14.7. The van der Waals surface area contributed by atoms with Gasteiger partial charge in [0, 0.05) is 4.43 Å². The SMILES string of the molecule is O=S(=O)([O-])CC(O)CI.[K+]. The van der Waals surface area contributed by atoms with Gasteiger partial charge in [-0.25, -0.2) is 8.42 Å². The minimum absolute atomic E-state index is 0. The molecule has 0 aliphatic heterocycles. The predicted molar refractivity (Wildman–Crippen MR) is 39.5 cm³/mol. The Bertz CT molecular complexity index is 167. The Labute approximate surface area is 116 Å². The summed E-state index contributed by atoms with van der Waals surface area (Å²) < 4.78 is 29.9. The number of halogens is 1. The fourth-order valence-corrected chi connectivity index (χ4v) is 1.60. The molecule has 0 fully saturated rings. The van der Waals surface area contributed by atoms with E-state index in [1.165, 1.54) is 0 Å². The maximum Gasteiger partial charge on any atom is 1.00 e. The zero-order valence-corrected chi connectivity index (χ0v) is 11.5. The van der Waals surface area contributed by atoms with Gasteiger partial charge in [-0.05, 0) is 0 Å². The van der Waals surface area contributed by atoms with Gasteiger partial charge >= 0.3 is 51.4 Å². The minimum atomic E-state index is -4.24. The number of rotatable bonds is 3. The van der Waals surface area contributed by atoms with E-state index in [4.69, 9.17) is 5.11 Å². The Balaban J connectivity index is 0. The van der Waals surface area contributed by atoms with Crippen molar-refractivity contribution in [1.29, 1.82) is 0 Å². The van der Waals surface area contributed by atoms with E-state index >= 15 is 0 Å². The van der Waals surface area contributed by atoms with Crippen molar-refractivity contribution in [3.8, 4) is 0 Å². The maximum atomic E-state index is 9.88. The third-order valence-electron chi connectivity index (χ3n) is 0.575. The third-order valence-corrected chi connectivity index (χ3v) is 2.38. The summed E-state index contributed by atoms with van der Waals surface area (Å²) in [4.78, 5) is 0. The number of hydrogen-bond acceptors (Lipinski definition) is 4. The average Bonchev–Trinajstić information content (AvgIpc) is 1.62. The zero-order valence-electron chi connectivity index (χ0n) is 5.45. The van der Waals surface area contributed by atoms with E-state index in [1.807, 2.05) is 0 Å². The van der Waals surface area contributed by atoms with Gasteiger partial charge in [-0.3, -0.25) is 0 Å². The fraction of sp³-hybridized carbons (Fsp3) is 1.00. The Kier molecular flexibility index (Phi) is 9.91. The van der Waals surface area contributed by atoms with Crippen LogP contribution in [-0.4, -0.2) is 34.4 Å². The smallest absolute Gasteiger partial charge is 0.748 e. The van der Waals surface area contributed by atoms with Crippen molar-refractivity contribution in [2.45, 2.75) is 6.10 Å². The summed E-state index contributed by atoms with van der Waals surface area (Å²) in [5.41, 5.74) is 0. The first-order valence-corrected chi connectivity index (χ1v) is 5.23. The van der Waals surface area contributed by atoms with Gasteiger partial charge in [0.15, 0.2) is 0 Å². The monoisotopic (exact) mass is 304 g/mol. The van der Waals surface area contributed by atoms with Crippen LogP contribution in [0.5, 0.6) is 0 Å². The third kappa shape index (κ3) is 10.2. The molecule has 7 heteroatoms. The van der Waals surface area contributed by atoms with E-state index < -0.39 is 22.0 Å². The van der Waals surface area contributed by atoms with Crippen molar-refractivity contribution in [3.05, 3.63) is 0 Å². The molecule has 0 radical (unpaired) electrons. The predicted octanol–water partition coefficient (Wildman–Crippen LogP) is -3.67. The normalized spacial score (nSPS) is 13.9. The fourth-order valence-electron chi connectivity index (χ4n) is 0.280. The molecule has 0 bridgehead atoms. The molecule has 0 saturated heterocycles. The molecule has 1 atom stereocenters. The van der Waals surface area contributed by atoms with E-state index in [1.54, 1.807) is 22.6 Å². The molecule has 4 nitrogen and oxygen atoms in total. The van der Waals surface area contributed by atoms with Crippen LogP contribution in [0.1, 0.15) is 0 Å². The number of aliphatic hydroxyl groups excluding tert-OH is 1. The molecule has 0 spiro atoms. The van der Waals surface area contributed by atoms with E-state index in [9.17, 15) is 13.0 Å². The van der Waals surface area contributed by atoms with Crippen molar-refractivity contribution < 1.29 is 69.5 Å². The summed E-state index contributed by atoms with van der Waals surface area (Å²) in [6.45, 7) is 0. The van der Waals surface area contributed by atoms with E-state index in [0.717, 1.165) is 0 Å². The second-order valence-electron chi connectivity index (χ2n) is 1.53. The summed E-state index contributed by atoms with van der Waals surface area (Å²) in [6, 6.07) is 0. The molecule has 10 heavy (non-hydrogen) atoms. The van der Waals surface area contributed by atoms with Gasteiger partial charge < -0.3 is 9.66 Å². The largest absolute Gasteiger partial charge is 1.00 e. The van der Waals surface area contributed by atoms with Crippen LogP contribution in [0.15, 0.2) is 0 Å². The number of aliphatic hydroxyl groups is 1.